The molecule has 0 saturated carbocycles. The molecule has 0 amide bonds. The van der Waals surface area contributed by atoms with Crippen molar-refractivity contribution in [3.8, 4) is 0 Å². The van der Waals surface area contributed by atoms with E-state index in [1.54, 1.807) is 39.8 Å². The van der Waals surface area contributed by atoms with Crippen LogP contribution in [0.5, 0.6) is 0 Å². The average molecular weight is 471 g/mol. The van der Waals surface area contributed by atoms with Crippen molar-refractivity contribution in [2.45, 2.75) is 52.1 Å². The lowest BCUT2D eigenvalue weighted by Gasteiger charge is -2.19. The molecule has 0 aliphatic heterocycles. The lowest BCUT2D eigenvalue weighted by molar-refractivity contribution is 0.00702. The Morgan fingerprint density at radius 2 is 1.00 bits per heavy atom. The van der Waals surface area contributed by atoms with Gasteiger partial charge in [-0.05, 0) is 62.1 Å². The largest absolute Gasteiger partial charge is 0.386 e. The quantitative estimate of drug-likeness (QED) is 0.417. The normalized spacial score (nSPS) is 12.4. The van der Waals surface area contributed by atoms with Crippen molar-refractivity contribution in [2.75, 3.05) is 26.4 Å². The van der Waals surface area contributed by atoms with Gasteiger partial charge in [0.1, 0.15) is 0 Å². The van der Waals surface area contributed by atoms with Gasteiger partial charge in [-0.3, -0.25) is 0 Å². The van der Waals surface area contributed by atoms with Crippen molar-refractivity contribution in [3.05, 3.63) is 68.7 Å². The first-order valence-electron chi connectivity index (χ1n) is 10.2. The van der Waals surface area contributed by atoms with E-state index in [1.165, 1.54) is 0 Å². The summed E-state index contributed by atoms with van der Waals surface area (Å²) in [5, 5.41) is 21.2. The molecule has 0 aliphatic rings. The van der Waals surface area contributed by atoms with E-state index >= 15 is 0 Å². The van der Waals surface area contributed by atoms with E-state index in [-0.39, 0.29) is 0 Å². The zero-order valence-corrected chi connectivity index (χ0v) is 20.1. The van der Waals surface area contributed by atoms with E-state index < -0.39 is 11.2 Å². The van der Waals surface area contributed by atoms with Crippen molar-refractivity contribution >= 4 is 23.2 Å². The zero-order valence-electron chi connectivity index (χ0n) is 18.6. The van der Waals surface area contributed by atoms with Gasteiger partial charge in [0.05, 0.1) is 50.8 Å². The minimum Gasteiger partial charge on any atom is -0.386 e. The summed E-state index contributed by atoms with van der Waals surface area (Å²) in [6, 6.07) is 11.0. The van der Waals surface area contributed by atoms with Crippen LogP contribution in [0.2, 0.25) is 10.0 Å². The molecule has 172 valence electrons. The van der Waals surface area contributed by atoms with Crippen molar-refractivity contribution in [1.29, 1.82) is 0 Å². The second kappa shape index (κ2) is 11.6. The number of rotatable bonds is 12. The summed E-state index contributed by atoms with van der Waals surface area (Å²) in [6.45, 7) is 9.41. The Labute approximate surface area is 194 Å². The van der Waals surface area contributed by atoms with Crippen LogP contribution in [0.3, 0.4) is 0 Å². The second-order valence-corrected chi connectivity index (χ2v) is 9.26. The number of ether oxygens (including phenoxy) is 3. The third kappa shape index (κ3) is 8.70. The third-order valence-corrected chi connectivity index (χ3v) is 5.48. The Morgan fingerprint density at radius 3 is 1.32 bits per heavy atom. The molecule has 7 heteroatoms. The molecule has 5 nitrogen and oxygen atoms in total. The van der Waals surface area contributed by atoms with Crippen LogP contribution in [-0.4, -0.2) is 36.6 Å². The highest BCUT2D eigenvalue weighted by Gasteiger charge is 2.18. The Balaban J connectivity index is 1.59. The van der Waals surface area contributed by atoms with Crippen LogP contribution in [0.1, 0.15) is 49.9 Å². The molecule has 0 fully saturated rings. The molecule has 0 atom stereocenters. The van der Waals surface area contributed by atoms with Gasteiger partial charge in [0.15, 0.2) is 0 Å². The van der Waals surface area contributed by atoms with Crippen LogP contribution < -0.4 is 0 Å². The fourth-order valence-corrected chi connectivity index (χ4v) is 3.26. The Hall–Kier alpha value is -1.18. The van der Waals surface area contributed by atoms with Gasteiger partial charge in [0.2, 0.25) is 0 Å². The molecule has 0 aliphatic carbocycles. The highest BCUT2D eigenvalue weighted by Crippen LogP contribution is 2.27. The van der Waals surface area contributed by atoms with Gasteiger partial charge in [0.25, 0.3) is 0 Å². The molecule has 0 heterocycles. The number of hydrogen-bond donors (Lipinski definition) is 2. The first kappa shape index (κ1) is 26.1. The number of hydrogen-bond acceptors (Lipinski definition) is 5. The fourth-order valence-electron chi connectivity index (χ4n) is 2.79. The van der Waals surface area contributed by atoms with Gasteiger partial charge < -0.3 is 24.4 Å². The summed E-state index contributed by atoms with van der Waals surface area (Å²) < 4.78 is 16.7. The topological polar surface area (TPSA) is 68.2 Å². The Bertz CT molecular complexity index is 771. The lowest BCUT2D eigenvalue weighted by atomic mass is 9.97. The van der Waals surface area contributed by atoms with E-state index in [0.717, 1.165) is 22.3 Å². The summed E-state index contributed by atoms with van der Waals surface area (Å²) in [5.74, 6) is 0. The molecule has 0 radical (unpaired) electrons. The highest BCUT2D eigenvalue weighted by atomic mass is 35.5. The minimum absolute atomic E-state index is 0.379. The minimum atomic E-state index is -0.927. The summed E-state index contributed by atoms with van der Waals surface area (Å²) in [6.07, 6.45) is 0. The molecule has 0 bridgehead atoms. The SMILES string of the molecule is CC(C)(O)c1ccc(COCCOCCOCc2ccc(C(C)(C)O)cc2Cl)c(Cl)c1. The van der Waals surface area contributed by atoms with Gasteiger partial charge >= 0.3 is 0 Å². The monoisotopic (exact) mass is 470 g/mol. The van der Waals surface area contributed by atoms with Gasteiger partial charge in [0, 0.05) is 10.0 Å². The number of aliphatic hydroxyl groups is 2. The Morgan fingerprint density at radius 1 is 0.645 bits per heavy atom. The van der Waals surface area contributed by atoms with E-state index in [9.17, 15) is 10.2 Å². The first-order chi connectivity index (χ1) is 14.5. The molecule has 0 spiro atoms. The molecule has 31 heavy (non-hydrogen) atoms. The molecular formula is C24H32Cl2O5. The van der Waals surface area contributed by atoms with Gasteiger partial charge in [-0.2, -0.15) is 0 Å². The average Bonchev–Trinajstić information content (AvgIpc) is 2.67. The maximum Gasteiger partial charge on any atom is 0.0841 e. The first-order valence-corrected chi connectivity index (χ1v) is 11.0. The summed E-state index contributed by atoms with van der Waals surface area (Å²) in [4.78, 5) is 0. The summed E-state index contributed by atoms with van der Waals surface area (Å²) in [5.41, 5.74) is 1.41. The van der Waals surface area contributed by atoms with Crippen LogP contribution in [-0.2, 0) is 38.6 Å². The lowest BCUT2D eigenvalue weighted by Crippen LogP contribution is -2.15. The van der Waals surface area contributed by atoms with Crippen molar-refractivity contribution < 1.29 is 24.4 Å². The van der Waals surface area contributed by atoms with Crippen molar-refractivity contribution in [3.63, 3.8) is 0 Å². The molecule has 2 N–H and O–H groups in total. The number of halogens is 2. The van der Waals surface area contributed by atoms with Crippen LogP contribution in [0.15, 0.2) is 36.4 Å². The van der Waals surface area contributed by atoms with E-state index in [0.29, 0.717) is 49.7 Å². The van der Waals surface area contributed by atoms with Crippen LogP contribution >= 0.6 is 23.2 Å². The van der Waals surface area contributed by atoms with E-state index in [4.69, 9.17) is 37.4 Å². The van der Waals surface area contributed by atoms with E-state index in [2.05, 4.69) is 0 Å². The molecule has 2 aromatic rings. The van der Waals surface area contributed by atoms with Gasteiger partial charge in [-0.1, -0.05) is 47.5 Å². The second-order valence-electron chi connectivity index (χ2n) is 8.45. The molecule has 0 saturated heterocycles. The maximum absolute atomic E-state index is 10.0. The predicted molar refractivity (Wildman–Crippen MR) is 124 cm³/mol. The van der Waals surface area contributed by atoms with Crippen LogP contribution in [0.25, 0.3) is 0 Å². The zero-order chi connectivity index (χ0) is 23.1. The highest BCUT2D eigenvalue weighted by molar-refractivity contribution is 6.31. The maximum atomic E-state index is 10.0. The van der Waals surface area contributed by atoms with Crippen molar-refractivity contribution in [1.82, 2.24) is 0 Å². The fraction of sp³-hybridized carbons (Fsp3) is 0.500. The van der Waals surface area contributed by atoms with Gasteiger partial charge in [-0.25, -0.2) is 0 Å². The predicted octanol–water partition coefficient (Wildman–Crippen LogP) is 5.20. The standard InChI is InChI=1S/C24H32Cl2O5/c1-23(2,27)19-7-5-17(21(25)13-19)15-30-11-9-29-10-12-31-16-18-6-8-20(14-22(18)26)24(3,4)28/h5-8,13-14,27-28H,9-12,15-16H2,1-4H3. The smallest absolute Gasteiger partial charge is 0.0841 e. The van der Waals surface area contributed by atoms with Crippen LogP contribution in [0.4, 0.5) is 0 Å². The number of benzene rings is 2. The van der Waals surface area contributed by atoms with Crippen LogP contribution in [0, 0.1) is 0 Å². The molecule has 2 rings (SSSR count). The molecule has 2 aromatic carbocycles. The summed E-state index contributed by atoms with van der Waals surface area (Å²) >= 11 is 12.5. The summed E-state index contributed by atoms with van der Waals surface area (Å²) in [7, 11) is 0. The Kier molecular flexibility index (Phi) is 9.77. The van der Waals surface area contributed by atoms with Gasteiger partial charge in [-0.15, -0.1) is 0 Å². The molecule has 0 aromatic heterocycles. The molecular weight excluding hydrogens is 439 g/mol. The molecule has 0 unspecified atom stereocenters. The van der Waals surface area contributed by atoms with E-state index in [1.807, 2.05) is 24.3 Å². The third-order valence-electron chi connectivity index (χ3n) is 4.78. The van der Waals surface area contributed by atoms with Crippen molar-refractivity contribution in [2.24, 2.45) is 0 Å².